The molecule has 14 heavy (non-hydrogen) atoms. The lowest BCUT2D eigenvalue weighted by molar-refractivity contribution is 0.533. The Balaban J connectivity index is 2.62. The van der Waals surface area contributed by atoms with Crippen LogP contribution in [0.4, 0.5) is 0 Å². The van der Waals surface area contributed by atoms with Crippen LogP contribution in [0.1, 0.15) is 34.1 Å². The van der Waals surface area contributed by atoms with Gasteiger partial charge in [0.05, 0.1) is 0 Å². The molecule has 1 rings (SSSR count). The maximum atomic E-state index is 2.34. The maximum absolute atomic E-state index is 2.34. The van der Waals surface area contributed by atoms with Crippen molar-refractivity contribution in [2.45, 2.75) is 34.1 Å². The van der Waals surface area contributed by atoms with Gasteiger partial charge < -0.3 is 0 Å². The molecule has 78 valence electrons. The Morgan fingerprint density at radius 1 is 1.14 bits per heavy atom. The minimum atomic E-state index is 0.627. The monoisotopic (exact) mass is 190 g/mol. The molecule has 0 fully saturated rings. The lowest BCUT2D eigenvalue weighted by Crippen LogP contribution is -1.97. The average molecular weight is 190 g/mol. The zero-order valence-electron chi connectivity index (χ0n) is 9.83. The van der Waals surface area contributed by atoms with Crippen LogP contribution < -0.4 is 0 Å². The van der Waals surface area contributed by atoms with E-state index in [0.29, 0.717) is 11.8 Å². The third kappa shape index (κ3) is 3.53. The topological polar surface area (TPSA) is 0 Å². The third-order valence-corrected chi connectivity index (χ3v) is 2.59. The van der Waals surface area contributed by atoms with Gasteiger partial charge in [0.15, 0.2) is 0 Å². The van der Waals surface area contributed by atoms with Crippen molar-refractivity contribution in [3.8, 4) is 0 Å². The molecular formula is C14H22. The summed E-state index contributed by atoms with van der Waals surface area (Å²) in [6, 6.07) is 0. The summed E-state index contributed by atoms with van der Waals surface area (Å²) in [7, 11) is 0. The van der Waals surface area contributed by atoms with E-state index < -0.39 is 0 Å². The lowest BCUT2D eigenvalue weighted by Gasteiger charge is -2.10. The fraction of sp³-hybridized carbons (Fsp3) is 0.571. The van der Waals surface area contributed by atoms with Gasteiger partial charge in [-0.25, -0.2) is 0 Å². The average Bonchev–Trinajstić information content (AvgIpc) is 2.28. The Morgan fingerprint density at radius 2 is 1.86 bits per heavy atom. The smallest absolute Gasteiger partial charge is 0.00447 e. The SMILES string of the molecule is CC(C)CC1C=CC=C(C(C)C)C=C1. The molecule has 1 aliphatic rings. The standard InChI is InChI=1S/C14H22/c1-11(2)10-13-6-5-7-14(9-8-13)12(3)4/h5-9,11-13H,10H2,1-4H3. The molecular weight excluding hydrogens is 168 g/mol. The summed E-state index contributed by atoms with van der Waals surface area (Å²) >= 11 is 0. The maximum Gasteiger partial charge on any atom is -0.00447 e. The summed E-state index contributed by atoms with van der Waals surface area (Å²) in [6.07, 6.45) is 12.6. The second kappa shape index (κ2) is 5.19. The molecule has 0 aromatic carbocycles. The Morgan fingerprint density at radius 3 is 2.43 bits per heavy atom. The van der Waals surface area contributed by atoms with Crippen molar-refractivity contribution in [1.82, 2.24) is 0 Å². The molecule has 0 aromatic rings. The summed E-state index contributed by atoms with van der Waals surface area (Å²) < 4.78 is 0. The summed E-state index contributed by atoms with van der Waals surface area (Å²) in [5, 5.41) is 0. The number of allylic oxidation sites excluding steroid dienone is 6. The molecule has 0 radical (unpaired) electrons. The van der Waals surface area contributed by atoms with Crippen molar-refractivity contribution in [2.75, 3.05) is 0 Å². The molecule has 0 amide bonds. The second-order valence-corrected chi connectivity index (χ2v) is 4.86. The molecule has 1 atom stereocenters. The Bertz CT molecular complexity index is 251. The molecule has 0 aliphatic heterocycles. The van der Waals surface area contributed by atoms with Gasteiger partial charge in [-0.15, -0.1) is 0 Å². The summed E-state index contributed by atoms with van der Waals surface area (Å²) in [6.45, 7) is 9.05. The van der Waals surface area contributed by atoms with Gasteiger partial charge >= 0.3 is 0 Å². The van der Waals surface area contributed by atoms with Gasteiger partial charge in [-0.05, 0) is 29.7 Å². The first-order valence-corrected chi connectivity index (χ1v) is 5.66. The normalized spacial score (nSPS) is 21.6. The first kappa shape index (κ1) is 11.3. The molecule has 0 heterocycles. The molecule has 0 nitrogen and oxygen atoms in total. The molecule has 1 unspecified atom stereocenters. The van der Waals surface area contributed by atoms with Crippen molar-refractivity contribution in [1.29, 1.82) is 0 Å². The van der Waals surface area contributed by atoms with E-state index in [2.05, 4.69) is 58.1 Å². The van der Waals surface area contributed by atoms with E-state index in [9.17, 15) is 0 Å². The predicted octanol–water partition coefficient (Wildman–Crippen LogP) is 4.36. The van der Waals surface area contributed by atoms with Gasteiger partial charge in [0.25, 0.3) is 0 Å². The highest BCUT2D eigenvalue weighted by molar-refractivity contribution is 5.29. The van der Waals surface area contributed by atoms with Gasteiger partial charge in [0.2, 0.25) is 0 Å². The number of hydrogen-bond donors (Lipinski definition) is 0. The van der Waals surface area contributed by atoms with Crippen LogP contribution in [-0.4, -0.2) is 0 Å². The zero-order valence-corrected chi connectivity index (χ0v) is 9.83. The third-order valence-electron chi connectivity index (χ3n) is 2.59. The van der Waals surface area contributed by atoms with Crippen LogP contribution >= 0.6 is 0 Å². The molecule has 0 N–H and O–H groups in total. The first-order valence-electron chi connectivity index (χ1n) is 5.66. The van der Waals surface area contributed by atoms with Gasteiger partial charge in [0.1, 0.15) is 0 Å². The van der Waals surface area contributed by atoms with E-state index in [1.54, 1.807) is 0 Å². The first-order chi connectivity index (χ1) is 6.59. The summed E-state index contributed by atoms with van der Waals surface area (Å²) in [4.78, 5) is 0. The number of rotatable bonds is 3. The highest BCUT2D eigenvalue weighted by atomic mass is 14.1. The van der Waals surface area contributed by atoms with Crippen LogP contribution in [0.25, 0.3) is 0 Å². The molecule has 0 bridgehead atoms. The fourth-order valence-corrected chi connectivity index (χ4v) is 1.75. The van der Waals surface area contributed by atoms with Gasteiger partial charge in [-0.3, -0.25) is 0 Å². The van der Waals surface area contributed by atoms with Crippen molar-refractivity contribution < 1.29 is 0 Å². The Labute approximate surface area is 88.4 Å². The van der Waals surface area contributed by atoms with Crippen LogP contribution in [0.5, 0.6) is 0 Å². The fourth-order valence-electron chi connectivity index (χ4n) is 1.75. The van der Waals surface area contributed by atoms with Gasteiger partial charge in [0, 0.05) is 0 Å². The summed E-state index contributed by atoms with van der Waals surface area (Å²) in [5.74, 6) is 2.03. The van der Waals surface area contributed by atoms with E-state index in [1.807, 2.05) is 0 Å². The molecule has 0 spiro atoms. The predicted molar refractivity (Wildman–Crippen MR) is 64.1 cm³/mol. The van der Waals surface area contributed by atoms with E-state index in [0.717, 1.165) is 5.92 Å². The van der Waals surface area contributed by atoms with Crippen molar-refractivity contribution in [3.05, 3.63) is 36.0 Å². The molecule has 1 aliphatic carbocycles. The minimum absolute atomic E-state index is 0.627. The van der Waals surface area contributed by atoms with Crippen LogP contribution in [0, 0.1) is 17.8 Å². The van der Waals surface area contributed by atoms with Crippen LogP contribution in [-0.2, 0) is 0 Å². The quantitative estimate of drug-likeness (QED) is 0.620. The zero-order chi connectivity index (χ0) is 10.6. The Kier molecular flexibility index (Phi) is 4.19. The van der Waals surface area contributed by atoms with E-state index in [1.165, 1.54) is 12.0 Å². The van der Waals surface area contributed by atoms with Crippen molar-refractivity contribution in [3.63, 3.8) is 0 Å². The molecule has 0 heteroatoms. The van der Waals surface area contributed by atoms with Crippen molar-refractivity contribution in [2.24, 2.45) is 17.8 Å². The van der Waals surface area contributed by atoms with Gasteiger partial charge in [-0.1, -0.05) is 58.1 Å². The largest absolute Gasteiger partial charge is 0.0776 e. The van der Waals surface area contributed by atoms with Gasteiger partial charge in [-0.2, -0.15) is 0 Å². The molecule has 0 aromatic heterocycles. The highest BCUT2D eigenvalue weighted by Crippen LogP contribution is 2.21. The van der Waals surface area contributed by atoms with Crippen molar-refractivity contribution >= 4 is 0 Å². The van der Waals surface area contributed by atoms with E-state index in [4.69, 9.17) is 0 Å². The van der Waals surface area contributed by atoms with E-state index in [-0.39, 0.29) is 0 Å². The van der Waals surface area contributed by atoms with Crippen LogP contribution in [0.15, 0.2) is 36.0 Å². The number of hydrogen-bond acceptors (Lipinski definition) is 0. The summed E-state index contributed by atoms with van der Waals surface area (Å²) in [5.41, 5.74) is 1.44. The van der Waals surface area contributed by atoms with Crippen LogP contribution in [0.3, 0.4) is 0 Å². The molecule has 0 saturated carbocycles. The molecule has 0 saturated heterocycles. The highest BCUT2D eigenvalue weighted by Gasteiger charge is 2.06. The minimum Gasteiger partial charge on any atom is -0.0776 e. The second-order valence-electron chi connectivity index (χ2n) is 4.86. The van der Waals surface area contributed by atoms with Crippen LogP contribution in [0.2, 0.25) is 0 Å². The van der Waals surface area contributed by atoms with E-state index >= 15 is 0 Å². The Hall–Kier alpha value is -0.780. The lowest BCUT2D eigenvalue weighted by atomic mass is 9.96.